The monoisotopic (exact) mass is 717 g/mol. The van der Waals surface area contributed by atoms with Gasteiger partial charge in [0.1, 0.15) is 34.3 Å². The number of hydrogen-bond donors (Lipinski definition) is 1. The van der Waals surface area contributed by atoms with Gasteiger partial charge in [0.2, 0.25) is 0 Å². The summed E-state index contributed by atoms with van der Waals surface area (Å²) in [6, 6.07) is 61.5. The van der Waals surface area contributed by atoms with Crippen LogP contribution in [-0.2, 0) is 0 Å². The van der Waals surface area contributed by atoms with E-state index in [2.05, 4.69) is 169 Å². The Labute approximate surface area is 320 Å². The van der Waals surface area contributed by atoms with E-state index in [1.807, 2.05) is 12.1 Å². The Bertz CT molecular complexity index is 3480. The number of nitrogens with one attached hydrogen (secondary N) is 1. The molecule has 5 nitrogen and oxygen atoms in total. The Morgan fingerprint density at radius 2 is 1.00 bits per heavy atom. The van der Waals surface area contributed by atoms with Gasteiger partial charge in [0.25, 0.3) is 0 Å². The molecule has 3 heterocycles. The summed E-state index contributed by atoms with van der Waals surface area (Å²) in [5, 5.41) is 15.0. The van der Waals surface area contributed by atoms with Crippen molar-refractivity contribution in [3.05, 3.63) is 193 Å². The fourth-order valence-corrected chi connectivity index (χ4v) is 8.63. The number of amidine groups is 2. The lowest BCUT2D eigenvalue weighted by atomic mass is 9.97. The van der Waals surface area contributed by atoms with Crippen LogP contribution in [0.4, 0.5) is 0 Å². The van der Waals surface area contributed by atoms with E-state index < -0.39 is 0 Å². The van der Waals surface area contributed by atoms with E-state index >= 15 is 0 Å². The second-order valence-corrected chi connectivity index (χ2v) is 14.5. The number of fused-ring (bicyclic) bond motifs is 10. The molecule has 0 aliphatic carbocycles. The van der Waals surface area contributed by atoms with Crippen molar-refractivity contribution in [3.8, 4) is 11.1 Å². The summed E-state index contributed by atoms with van der Waals surface area (Å²) in [6.07, 6.45) is -0.362. The second kappa shape index (κ2) is 12.0. The minimum absolute atomic E-state index is 0.362. The van der Waals surface area contributed by atoms with Crippen LogP contribution < -0.4 is 5.32 Å². The van der Waals surface area contributed by atoms with Crippen LogP contribution in [0, 0.1) is 0 Å². The Morgan fingerprint density at radius 3 is 1.77 bits per heavy atom. The quantitative estimate of drug-likeness (QED) is 0.197. The molecule has 0 spiro atoms. The highest BCUT2D eigenvalue weighted by molar-refractivity contribution is 6.25. The van der Waals surface area contributed by atoms with Gasteiger partial charge in [-0.05, 0) is 62.1 Å². The van der Waals surface area contributed by atoms with Gasteiger partial charge in [-0.2, -0.15) is 0 Å². The van der Waals surface area contributed by atoms with E-state index in [0.717, 1.165) is 82.9 Å². The third-order valence-corrected chi connectivity index (χ3v) is 11.3. The molecule has 0 fully saturated rings. The standard InChI is InChI=1S/C51H31N3O2/c1-3-13-33-28-35(24-22-30(33)10-1)49-52-50(36-25-23-31-11-2-4-14-34(31)29-36)54-51(53-49)42-20-9-21-43-46(42)41-19-8-17-39(48(41)55-43)38-16-7-18-40-45-37-15-6-5-12-32(37)26-27-44(45)56-47(38)40/h1-29,49H,(H,52,53,54). The van der Waals surface area contributed by atoms with Crippen molar-refractivity contribution in [1.29, 1.82) is 0 Å². The molecule has 0 amide bonds. The van der Waals surface area contributed by atoms with Crippen molar-refractivity contribution < 1.29 is 8.83 Å². The number of rotatable bonds is 4. The van der Waals surface area contributed by atoms with E-state index in [0.29, 0.717) is 5.84 Å². The summed E-state index contributed by atoms with van der Waals surface area (Å²) >= 11 is 0. The van der Waals surface area contributed by atoms with Crippen LogP contribution in [0.5, 0.6) is 0 Å². The predicted molar refractivity (Wildman–Crippen MR) is 231 cm³/mol. The molecule has 12 rings (SSSR count). The highest BCUT2D eigenvalue weighted by atomic mass is 16.3. The largest absolute Gasteiger partial charge is 0.455 e. The van der Waals surface area contributed by atoms with Gasteiger partial charge >= 0.3 is 0 Å². The van der Waals surface area contributed by atoms with Crippen molar-refractivity contribution >= 4 is 87.9 Å². The minimum atomic E-state index is -0.362. The first-order chi connectivity index (χ1) is 27.7. The molecule has 1 unspecified atom stereocenters. The molecule has 1 atom stereocenters. The van der Waals surface area contributed by atoms with Crippen molar-refractivity contribution in [2.75, 3.05) is 0 Å². The molecule has 0 bridgehead atoms. The number of hydrogen-bond acceptors (Lipinski definition) is 5. The van der Waals surface area contributed by atoms with Gasteiger partial charge in [-0.25, -0.2) is 9.98 Å². The second-order valence-electron chi connectivity index (χ2n) is 14.5. The molecule has 0 saturated heterocycles. The summed E-state index contributed by atoms with van der Waals surface area (Å²) in [7, 11) is 0. The third-order valence-electron chi connectivity index (χ3n) is 11.3. The summed E-state index contributed by atoms with van der Waals surface area (Å²) < 4.78 is 13.5. The van der Waals surface area contributed by atoms with E-state index in [9.17, 15) is 0 Å². The highest BCUT2D eigenvalue weighted by Gasteiger charge is 2.25. The lowest BCUT2D eigenvalue weighted by Crippen LogP contribution is -2.33. The number of nitrogens with zero attached hydrogens (tertiary/aromatic N) is 2. The fourth-order valence-electron chi connectivity index (χ4n) is 8.63. The minimum Gasteiger partial charge on any atom is -0.455 e. The van der Waals surface area contributed by atoms with Crippen molar-refractivity contribution in [1.82, 2.24) is 5.32 Å². The molecule has 5 heteroatoms. The molecule has 56 heavy (non-hydrogen) atoms. The smallest absolute Gasteiger partial charge is 0.159 e. The van der Waals surface area contributed by atoms with Gasteiger partial charge in [-0.1, -0.05) is 152 Å². The third kappa shape index (κ3) is 4.74. The van der Waals surface area contributed by atoms with E-state index in [1.54, 1.807) is 0 Å². The molecule has 1 aliphatic heterocycles. The predicted octanol–water partition coefficient (Wildman–Crippen LogP) is 13.1. The zero-order valence-electron chi connectivity index (χ0n) is 30.0. The molecule has 9 aromatic carbocycles. The van der Waals surface area contributed by atoms with Crippen LogP contribution >= 0.6 is 0 Å². The highest BCUT2D eigenvalue weighted by Crippen LogP contribution is 2.43. The number of para-hydroxylation sites is 2. The lowest BCUT2D eigenvalue weighted by Gasteiger charge is -2.24. The molecule has 2 aromatic heterocycles. The van der Waals surface area contributed by atoms with Gasteiger partial charge in [0.15, 0.2) is 5.84 Å². The molecule has 11 aromatic rings. The van der Waals surface area contributed by atoms with Gasteiger partial charge < -0.3 is 14.2 Å². The first kappa shape index (κ1) is 30.9. The zero-order valence-corrected chi connectivity index (χ0v) is 30.0. The topological polar surface area (TPSA) is 63.0 Å². The maximum Gasteiger partial charge on any atom is 0.159 e. The molecule has 0 saturated carbocycles. The normalized spacial score (nSPS) is 14.6. The van der Waals surface area contributed by atoms with Gasteiger partial charge in [0.05, 0.1) is 0 Å². The lowest BCUT2D eigenvalue weighted by molar-refractivity contribution is 0.665. The number of benzene rings is 9. The summed E-state index contributed by atoms with van der Waals surface area (Å²) in [5.74, 6) is 1.42. The Morgan fingerprint density at radius 1 is 0.429 bits per heavy atom. The Kier molecular flexibility index (Phi) is 6.63. The average molecular weight is 718 g/mol. The Balaban J connectivity index is 1.04. The van der Waals surface area contributed by atoms with Gasteiger partial charge in [-0.15, -0.1) is 0 Å². The summed E-state index contributed by atoms with van der Waals surface area (Å²) in [5.41, 5.74) is 8.25. The van der Waals surface area contributed by atoms with Crippen molar-refractivity contribution in [3.63, 3.8) is 0 Å². The van der Waals surface area contributed by atoms with Crippen molar-refractivity contribution in [2.45, 2.75) is 6.17 Å². The van der Waals surface area contributed by atoms with Crippen LogP contribution in [0.1, 0.15) is 22.9 Å². The van der Waals surface area contributed by atoms with E-state index in [1.165, 1.54) is 26.9 Å². The van der Waals surface area contributed by atoms with Gasteiger partial charge in [0, 0.05) is 43.8 Å². The molecular formula is C51H31N3O2. The molecule has 1 aliphatic rings. The molecule has 262 valence electrons. The van der Waals surface area contributed by atoms with E-state index in [4.69, 9.17) is 18.8 Å². The van der Waals surface area contributed by atoms with E-state index in [-0.39, 0.29) is 6.17 Å². The molecule has 1 N–H and O–H groups in total. The van der Waals surface area contributed by atoms with Crippen LogP contribution in [0.15, 0.2) is 195 Å². The first-order valence-corrected chi connectivity index (χ1v) is 18.9. The number of aliphatic imine (C=N–C) groups is 2. The molecular weight excluding hydrogens is 687 g/mol. The summed E-state index contributed by atoms with van der Waals surface area (Å²) in [4.78, 5) is 10.5. The molecule has 0 radical (unpaired) electrons. The first-order valence-electron chi connectivity index (χ1n) is 18.9. The zero-order chi connectivity index (χ0) is 36.7. The van der Waals surface area contributed by atoms with Gasteiger partial charge in [-0.3, -0.25) is 0 Å². The maximum absolute atomic E-state index is 6.83. The van der Waals surface area contributed by atoms with Crippen molar-refractivity contribution in [2.24, 2.45) is 9.98 Å². The van der Waals surface area contributed by atoms with Crippen LogP contribution in [0.3, 0.4) is 0 Å². The van der Waals surface area contributed by atoms with Crippen LogP contribution in [-0.4, -0.2) is 11.7 Å². The fraction of sp³-hybridized carbons (Fsp3) is 0.0196. The maximum atomic E-state index is 6.83. The SMILES string of the molecule is c1ccc2cc(C3=NC(c4ccc5ccccc5c4)NC(c4cccc5oc6c(-c7cccc8c7oc7ccc9ccccc9c78)cccc6c45)=N3)ccc2c1. The van der Waals surface area contributed by atoms with Crippen LogP contribution in [0.25, 0.3) is 87.3 Å². The van der Waals surface area contributed by atoms with Crippen LogP contribution in [0.2, 0.25) is 0 Å². The Hall–Kier alpha value is -7.50. The average Bonchev–Trinajstić information content (AvgIpc) is 3.85. The summed E-state index contributed by atoms with van der Waals surface area (Å²) in [6.45, 7) is 0. The number of furan rings is 2.